The third kappa shape index (κ3) is 3.79. The van der Waals surface area contributed by atoms with Gasteiger partial charge >= 0.3 is 6.08 Å². The summed E-state index contributed by atoms with van der Waals surface area (Å²) in [4.78, 5) is 4.05. The van der Waals surface area contributed by atoms with Crippen LogP contribution in [-0.4, -0.2) is 11.6 Å². The number of benzene rings is 1. The average Bonchev–Trinajstić information content (AvgIpc) is 2.84. The van der Waals surface area contributed by atoms with Crippen LogP contribution in [0.5, 0.6) is 6.08 Å². The number of halogens is 1. The van der Waals surface area contributed by atoms with Crippen molar-refractivity contribution in [1.29, 1.82) is 0 Å². The predicted octanol–water partition coefficient (Wildman–Crippen LogP) is 3.43. The molecule has 1 heterocycles. The molecule has 0 unspecified atom stereocenters. The number of nitrogens with zero attached hydrogens (tertiary/aromatic N) is 1. The Hall–Kier alpha value is -1.48. The highest BCUT2D eigenvalue weighted by atomic mass is 35.5. The van der Waals surface area contributed by atoms with Crippen LogP contribution in [-0.2, 0) is 12.3 Å². The Morgan fingerprint density at radius 3 is 2.76 bits per heavy atom. The maximum absolute atomic E-state index is 5.60. The Morgan fingerprint density at radius 1 is 1.24 bits per heavy atom. The summed E-state index contributed by atoms with van der Waals surface area (Å²) in [5.41, 5.74) is 2.01. The van der Waals surface area contributed by atoms with Crippen LogP contribution in [0.15, 0.2) is 41.0 Å². The molecule has 1 aromatic heterocycles. The van der Waals surface area contributed by atoms with Gasteiger partial charge < -0.3 is 9.15 Å². The van der Waals surface area contributed by atoms with Crippen LogP contribution in [0.2, 0.25) is 0 Å². The van der Waals surface area contributed by atoms with Crippen LogP contribution in [0.4, 0.5) is 0 Å². The molecule has 0 spiro atoms. The van der Waals surface area contributed by atoms with E-state index in [0.29, 0.717) is 24.3 Å². The molecule has 1 aromatic carbocycles. The van der Waals surface area contributed by atoms with E-state index >= 15 is 0 Å². The van der Waals surface area contributed by atoms with E-state index in [0.717, 1.165) is 12.8 Å². The van der Waals surface area contributed by atoms with E-state index < -0.39 is 0 Å². The second kappa shape index (κ2) is 6.30. The summed E-state index contributed by atoms with van der Waals surface area (Å²) >= 11 is 5.60. The SMILES string of the molecule is ClCc1coc(OCCCc2ccccc2)n1. The molecule has 90 valence electrons. The third-order valence-electron chi connectivity index (χ3n) is 2.35. The van der Waals surface area contributed by atoms with Crippen LogP contribution < -0.4 is 4.74 Å². The topological polar surface area (TPSA) is 35.3 Å². The minimum Gasteiger partial charge on any atom is -0.450 e. The predicted molar refractivity (Wildman–Crippen MR) is 66.3 cm³/mol. The zero-order chi connectivity index (χ0) is 11.9. The molecule has 0 N–H and O–H groups in total. The minimum absolute atomic E-state index is 0.300. The summed E-state index contributed by atoms with van der Waals surface area (Å²) in [6.07, 6.45) is 3.74. The molecule has 0 saturated carbocycles. The van der Waals surface area contributed by atoms with E-state index in [2.05, 4.69) is 17.1 Å². The van der Waals surface area contributed by atoms with E-state index in [1.165, 1.54) is 11.8 Å². The van der Waals surface area contributed by atoms with Crippen molar-refractivity contribution in [3.05, 3.63) is 47.9 Å². The molecular weight excluding hydrogens is 238 g/mol. The van der Waals surface area contributed by atoms with Crippen molar-refractivity contribution in [2.45, 2.75) is 18.7 Å². The van der Waals surface area contributed by atoms with E-state index in [9.17, 15) is 0 Å². The number of alkyl halides is 1. The van der Waals surface area contributed by atoms with Crippen molar-refractivity contribution in [3.63, 3.8) is 0 Å². The summed E-state index contributed by atoms with van der Waals surface area (Å²) < 4.78 is 10.5. The van der Waals surface area contributed by atoms with Crippen LogP contribution >= 0.6 is 11.6 Å². The van der Waals surface area contributed by atoms with Gasteiger partial charge in [-0.15, -0.1) is 11.6 Å². The molecule has 2 rings (SSSR count). The first-order valence-electron chi connectivity index (χ1n) is 5.55. The number of aromatic nitrogens is 1. The Morgan fingerprint density at radius 2 is 2.06 bits per heavy atom. The quantitative estimate of drug-likeness (QED) is 0.583. The van der Waals surface area contributed by atoms with Crippen LogP contribution in [0.1, 0.15) is 17.7 Å². The van der Waals surface area contributed by atoms with Gasteiger partial charge in [0.05, 0.1) is 18.2 Å². The van der Waals surface area contributed by atoms with E-state index in [4.69, 9.17) is 20.8 Å². The number of aryl methyl sites for hydroxylation is 1. The Kier molecular flexibility index (Phi) is 4.45. The molecule has 0 aliphatic heterocycles. The minimum atomic E-state index is 0.300. The van der Waals surface area contributed by atoms with Gasteiger partial charge in [-0.3, -0.25) is 0 Å². The summed E-state index contributed by atoms with van der Waals surface area (Å²) in [6.45, 7) is 0.594. The average molecular weight is 252 g/mol. The highest BCUT2D eigenvalue weighted by Gasteiger charge is 2.03. The van der Waals surface area contributed by atoms with Crippen molar-refractivity contribution in [1.82, 2.24) is 4.98 Å². The van der Waals surface area contributed by atoms with E-state index in [-0.39, 0.29) is 0 Å². The number of ether oxygens (including phenoxy) is 1. The first-order chi connectivity index (χ1) is 8.38. The third-order valence-corrected chi connectivity index (χ3v) is 2.62. The molecule has 0 amide bonds. The number of oxazole rings is 1. The van der Waals surface area contributed by atoms with Crippen molar-refractivity contribution >= 4 is 11.6 Å². The fourth-order valence-electron chi connectivity index (χ4n) is 1.50. The van der Waals surface area contributed by atoms with E-state index in [1.54, 1.807) is 0 Å². The van der Waals surface area contributed by atoms with Crippen molar-refractivity contribution in [3.8, 4) is 6.08 Å². The summed E-state index contributed by atoms with van der Waals surface area (Å²) in [6, 6.07) is 10.3. The van der Waals surface area contributed by atoms with E-state index in [1.807, 2.05) is 18.2 Å². The zero-order valence-corrected chi connectivity index (χ0v) is 10.2. The lowest BCUT2D eigenvalue weighted by molar-refractivity contribution is 0.227. The van der Waals surface area contributed by atoms with Crippen LogP contribution in [0.3, 0.4) is 0 Å². The largest absolute Gasteiger partial charge is 0.450 e. The van der Waals surface area contributed by atoms with Gasteiger partial charge in [-0.2, -0.15) is 4.98 Å². The molecule has 0 fully saturated rings. The summed E-state index contributed by atoms with van der Waals surface area (Å²) in [7, 11) is 0. The number of rotatable bonds is 6. The van der Waals surface area contributed by atoms with Gasteiger partial charge in [-0.25, -0.2) is 0 Å². The van der Waals surface area contributed by atoms with Crippen molar-refractivity contribution < 1.29 is 9.15 Å². The molecule has 0 saturated heterocycles. The van der Waals surface area contributed by atoms with Crippen LogP contribution in [0, 0.1) is 0 Å². The summed E-state index contributed by atoms with van der Waals surface area (Å²) in [5, 5.41) is 0. The molecule has 0 bridgehead atoms. The Labute approximate surface area is 105 Å². The second-order valence-electron chi connectivity index (χ2n) is 3.68. The highest BCUT2D eigenvalue weighted by molar-refractivity contribution is 6.16. The van der Waals surface area contributed by atoms with Gasteiger partial charge in [0.2, 0.25) is 0 Å². The van der Waals surface area contributed by atoms with Gasteiger partial charge in [0.1, 0.15) is 6.26 Å². The molecule has 3 nitrogen and oxygen atoms in total. The normalized spacial score (nSPS) is 10.4. The molecule has 0 radical (unpaired) electrons. The highest BCUT2D eigenvalue weighted by Crippen LogP contribution is 2.12. The van der Waals surface area contributed by atoms with Gasteiger partial charge in [0.15, 0.2) is 0 Å². The monoisotopic (exact) mass is 251 g/mol. The van der Waals surface area contributed by atoms with Crippen LogP contribution in [0.25, 0.3) is 0 Å². The first kappa shape index (κ1) is 12.0. The fourth-order valence-corrected chi connectivity index (χ4v) is 1.62. The Balaban J connectivity index is 1.69. The number of hydrogen-bond acceptors (Lipinski definition) is 3. The summed E-state index contributed by atoms with van der Waals surface area (Å²) in [5.74, 6) is 0.344. The first-order valence-corrected chi connectivity index (χ1v) is 6.09. The number of hydrogen-bond donors (Lipinski definition) is 0. The standard InChI is InChI=1S/C13H14ClNO2/c14-9-12-10-17-13(15-12)16-8-4-7-11-5-2-1-3-6-11/h1-3,5-6,10H,4,7-9H2. The zero-order valence-electron chi connectivity index (χ0n) is 9.43. The van der Waals surface area contributed by atoms with Crippen molar-refractivity contribution in [2.24, 2.45) is 0 Å². The lowest BCUT2D eigenvalue weighted by Gasteiger charge is -2.01. The van der Waals surface area contributed by atoms with Crippen molar-refractivity contribution in [2.75, 3.05) is 6.61 Å². The molecule has 0 aliphatic carbocycles. The maximum atomic E-state index is 5.60. The molecule has 4 heteroatoms. The molecule has 2 aromatic rings. The molecule has 0 atom stereocenters. The smallest absolute Gasteiger partial charge is 0.393 e. The van der Waals surface area contributed by atoms with Gasteiger partial charge in [-0.1, -0.05) is 30.3 Å². The van der Waals surface area contributed by atoms with Gasteiger partial charge in [0, 0.05) is 0 Å². The lowest BCUT2D eigenvalue weighted by atomic mass is 10.1. The second-order valence-corrected chi connectivity index (χ2v) is 3.94. The molecule has 17 heavy (non-hydrogen) atoms. The maximum Gasteiger partial charge on any atom is 0.393 e. The fraction of sp³-hybridized carbons (Fsp3) is 0.308. The van der Waals surface area contributed by atoms with Gasteiger partial charge in [-0.05, 0) is 18.4 Å². The molecular formula is C13H14ClNO2. The van der Waals surface area contributed by atoms with Gasteiger partial charge in [0.25, 0.3) is 0 Å². The Bertz CT molecular complexity index is 442. The molecule has 0 aliphatic rings. The lowest BCUT2D eigenvalue weighted by Crippen LogP contribution is -1.99.